The SMILES string of the molecule is [B]c1ncc(C)n(-c2cccc(C(F)(F)F)c2)c1=O. The fourth-order valence-electron chi connectivity index (χ4n) is 1.69. The summed E-state index contributed by atoms with van der Waals surface area (Å²) >= 11 is 0. The first-order valence-electron chi connectivity index (χ1n) is 5.32. The van der Waals surface area contributed by atoms with Crippen molar-refractivity contribution in [3.63, 3.8) is 0 Å². The van der Waals surface area contributed by atoms with Crippen molar-refractivity contribution in [3.8, 4) is 5.69 Å². The van der Waals surface area contributed by atoms with E-state index < -0.39 is 17.3 Å². The zero-order valence-corrected chi connectivity index (χ0v) is 9.90. The number of hydrogen-bond acceptors (Lipinski definition) is 2. The summed E-state index contributed by atoms with van der Waals surface area (Å²) in [6.45, 7) is 1.56. The summed E-state index contributed by atoms with van der Waals surface area (Å²) in [6.07, 6.45) is -3.14. The van der Waals surface area contributed by atoms with Gasteiger partial charge in [0.15, 0.2) is 0 Å². The lowest BCUT2D eigenvalue weighted by atomic mass is 10.1. The summed E-state index contributed by atoms with van der Waals surface area (Å²) in [5.74, 6) is 0. The van der Waals surface area contributed by atoms with Gasteiger partial charge in [0.05, 0.1) is 11.2 Å². The van der Waals surface area contributed by atoms with Gasteiger partial charge in [-0.05, 0) is 25.1 Å². The van der Waals surface area contributed by atoms with E-state index >= 15 is 0 Å². The number of nitrogens with zero attached hydrogens (tertiary/aromatic N) is 2. The molecule has 0 aliphatic carbocycles. The molecule has 2 rings (SSSR count). The van der Waals surface area contributed by atoms with Gasteiger partial charge in [-0.3, -0.25) is 14.3 Å². The maximum absolute atomic E-state index is 12.6. The minimum atomic E-state index is -4.47. The van der Waals surface area contributed by atoms with Gasteiger partial charge < -0.3 is 0 Å². The zero-order valence-electron chi connectivity index (χ0n) is 9.90. The van der Waals surface area contributed by atoms with Gasteiger partial charge in [0.2, 0.25) is 0 Å². The van der Waals surface area contributed by atoms with Crippen LogP contribution in [0.15, 0.2) is 35.3 Å². The maximum Gasteiger partial charge on any atom is 0.416 e. The third-order valence-electron chi connectivity index (χ3n) is 2.60. The van der Waals surface area contributed by atoms with Crippen LogP contribution in [0.3, 0.4) is 0 Å². The molecule has 0 saturated carbocycles. The van der Waals surface area contributed by atoms with Crippen LogP contribution in [-0.4, -0.2) is 17.4 Å². The lowest BCUT2D eigenvalue weighted by molar-refractivity contribution is -0.137. The molecule has 7 heteroatoms. The van der Waals surface area contributed by atoms with E-state index in [-0.39, 0.29) is 11.3 Å². The Balaban J connectivity index is 2.67. The Morgan fingerprint density at radius 1 is 1.32 bits per heavy atom. The van der Waals surface area contributed by atoms with E-state index in [1.165, 1.54) is 18.3 Å². The summed E-state index contributed by atoms with van der Waals surface area (Å²) < 4.78 is 39.0. The molecular formula is C12H8BF3N2O. The summed E-state index contributed by atoms with van der Waals surface area (Å²) in [5, 5.41) is 0. The van der Waals surface area contributed by atoms with Gasteiger partial charge in [-0.15, -0.1) is 0 Å². The maximum atomic E-state index is 12.6. The van der Waals surface area contributed by atoms with Crippen molar-refractivity contribution < 1.29 is 13.2 Å². The van der Waals surface area contributed by atoms with E-state index in [4.69, 9.17) is 7.85 Å². The van der Waals surface area contributed by atoms with Gasteiger partial charge in [0.25, 0.3) is 5.56 Å². The van der Waals surface area contributed by atoms with Crippen molar-refractivity contribution >= 4 is 13.4 Å². The van der Waals surface area contributed by atoms with Crippen LogP contribution in [0.25, 0.3) is 5.69 Å². The Bertz CT molecular complexity index is 679. The summed E-state index contributed by atoms with van der Waals surface area (Å²) in [4.78, 5) is 15.5. The normalized spacial score (nSPS) is 11.6. The lowest BCUT2D eigenvalue weighted by Gasteiger charge is -2.13. The quantitative estimate of drug-likeness (QED) is 0.729. The molecule has 1 aromatic heterocycles. The van der Waals surface area contributed by atoms with Crippen molar-refractivity contribution in [2.45, 2.75) is 13.1 Å². The van der Waals surface area contributed by atoms with E-state index in [1.54, 1.807) is 6.92 Å². The molecule has 0 spiro atoms. The van der Waals surface area contributed by atoms with E-state index in [1.807, 2.05) is 0 Å². The van der Waals surface area contributed by atoms with Crippen LogP contribution in [0, 0.1) is 6.92 Å². The second-order valence-electron chi connectivity index (χ2n) is 3.97. The molecule has 3 nitrogen and oxygen atoms in total. The predicted molar refractivity (Wildman–Crippen MR) is 65.0 cm³/mol. The highest BCUT2D eigenvalue weighted by Crippen LogP contribution is 2.30. The number of benzene rings is 1. The molecule has 1 heterocycles. The van der Waals surface area contributed by atoms with Crippen molar-refractivity contribution in [3.05, 3.63) is 52.1 Å². The summed E-state index contributed by atoms with van der Waals surface area (Å²) in [5.41, 5.74) is -1.22. The Hall–Kier alpha value is -2.05. The first-order chi connectivity index (χ1) is 8.80. The molecule has 0 atom stereocenters. The van der Waals surface area contributed by atoms with Gasteiger partial charge in [0, 0.05) is 17.6 Å². The van der Waals surface area contributed by atoms with Gasteiger partial charge in [-0.25, -0.2) is 0 Å². The van der Waals surface area contributed by atoms with Crippen LogP contribution in [0.1, 0.15) is 11.3 Å². The number of aryl methyl sites for hydroxylation is 1. The highest BCUT2D eigenvalue weighted by Gasteiger charge is 2.30. The fraction of sp³-hybridized carbons (Fsp3) is 0.167. The van der Waals surface area contributed by atoms with Gasteiger partial charge in [0.1, 0.15) is 7.85 Å². The molecule has 1 aromatic carbocycles. The highest BCUT2D eigenvalue weighted by molar-refractivity contribution is 6.30. The standard InChI is InChI=1S/C12H8BF3N2O/c1-7-6-17-10(13)11(19)18(7)9-4-2-3-8(5-9)12(14,15)16/h2-6H,1H3. The Labute approximate surface area is 108 Å². The number of rotatable bonds is 1. The Kier molecular flexibility index (Phi) is 3.22. The smallest absolute Gasteiger partial charge is 0.279 e. The fourth-order valence-corrected chi connectivity index (χ4v) is 1.69. The molecule has 0 aliphatic rings. The molecule has 0 amide bonds. The van der Waals surface area contributed by atoms with Crippen LogP contribution in [0.4, 0.5) is 13.2 Å². The molecule has 19 heavy (non-hydrogen) atoms. The molecule has 0 aliphatic heterocycles. The minimum Gasteiger partial charge on any atom is -0.279 e. The molecular weight excluding hydrogens is 256 g/mol. The monoisotopic (exact) mass is 264 g/mol. The third kappa shape index (κ3) is 2.54. The molecule has 0 saturated heterocycles. The van der Waals surface area contributed by atoms with Crippen molar-refractivity contribution in [1.82, 2.24) is 9.55 Å². The van der Waals surface area contributed by atoms with E-state index in [9.17, 15) is 18.0 Å². The molecule has 0 bridgehead atoms. The van der Waals surface area contributed by atoms with E-state index in [0.717, 1.165) is 16.7 Å². The minimum absolute atomic E-state index is 0.103. The van der Waals surface area contributed by atoms with Crippen LogP contribution >= 0.6 is 0 Å². The molecule has 2 radical (unpaired) electrons. The predicted octanol–water partition coefficient (Wildman–Crippen LogP) is 1.35. The molecule has 0 fully saturated rings. The van der Waals surface area contributed by atoms with Gasteiger partial charge in [-0.2, -0.15) is 13.2 Å². The first-order valence-corrected chi connectivity index (χ1v) is 5.32. The average molecular weight is 264 g/mol. The third-order valence-corrected chi connectivity index (χ3v) is 2.60. The second kappa shape index (κ2) is 4.57. The van der Waals surface area contributed by atoms with Gasteiger partial charge in [-0.1, -0.05) is 6.07 Å². The first kappa shape index (κ1) is 13.4. The summed E-state index contributed by atoms with van der Waals surface area (Å²) in [7, 11) is 5.38. The van der Waals surface area contributed by atoms with Gasteiger partial charge >= 0.3 is 6.18 Å². The lowest BCUT2D eigenvalue weighted by Crippen LogP contribution is -2.37. The van der Waals surface area contributed by atoms with Crippen molar-refractivity contribution in [2.75, 3.05) is 0 Å². The largest absolute Gasteiger partial charge is 0.416 e. The number of aromatic nitrogens is 2. The van der Waals surface area contributed by atoms with Crippen LogP contribution in [0.2, 0.25) is 0 Å². The average Bonchev–Trinajstić information content (AvgIpc) is 2.34. The number of alkyl halides is 3. The van der Waals surface area contributed by atoms with E-state index in [0.29, 0.717) is 5.69 Å². The second-order valence-corrected chi connectivity index (χ2v) is 3.97. The topological polar surface area (TPSA) is 34.9 Å². The number of hydrogen-bond donors (Lipinski definition) is 0. The molecule has 96 valence electrons. The van der Waals surface area contributed by atoms with E-state index in [2.05, 4.69) is 4.98 Å². The van der Waals surface area contributed by atoms with Crippen molar-refractivity contribution in [2.24, 2.45) is 0 Å². The zero-order chi connectivity index (χ0) is 14.2. The van der Waals surface area contributed by atoms with Crippen LogP contribution in [-0.2, 0) is 6.18 Å². The highest BCUT2D eigenvalue weighted by atomic mass is 19.4. The van der Waals surface area contributed by atoms with Crippen LogP contribution < -0.4 is 11.2 Å². The summed E-state index contributed by atoms with van der Waals surface area (Å²) in [6, 6.07) is 4.48. The van der Waals surface area contributed by atoms with Crippen LogP contribution in [0.5, 0.6) is 0 Å². The molecule has 0 N–H and O–H groups in total. The molecule has 2 aromatic rings. The molecule has 0 unspecified atom stereocenters. The van der Waals surface area contributed by atoms with Crippen molar-refractivity contribution in [1.29, 1.82) is 0 Å². The Morgan fingerprint density at radius 2 is 2.00 bits per heavy atom. The number of halogens is 3. The Morgan fingerprint density at radius 3 is 2.63 bits per heavy atom.